The SMILES string of the molecule is O=C(Nc1c(Cl)cc(F)cc1Br)c1cc(S)ccc1Cl. The minimum absolute atomic E-state index is 0.0865. The first-order valence-corrected chi connectivity index (χ1v) is 7.32. The van der Waals surface area contributed by atoms with Crippen molar-refractivity contribution in [2.75, 3.05) is 5.32 Å². The standard InChI is InChI=1S/C13H7BrCl2FNOS/c14-9-3-6(17)4-11(16)12(9)18-13(19)8-5-7(20)1-2-10(8)15/h1-5,20H,(H,18,19). The van der Waals surface area contributed by atoms with Gasteiger partial charge in [-0.25, -0.2) is 4.39 Å². The predicted molar refractivity (Wildman–Crippen MR) is 85.8 cm³/mol. The van der Waals surface area contributed by atoms with Crippen molar-refractivity contribution < 1.29 is 9.18 Å². The minimum Gasteiger partial charge on any atom is -0.320 e. The van der Waals surface area contributed by atoms with Crippen LogP contribution in [0.3, 0.4) is 0 Å². The molecule has 0 spiro atoms. The minimum atomic E-state index is -0.504. The number of carbonyl (C=O) groups is 1. The van der Waals surface area contributed by atoms with Crippen molar-refractivity contribution in [3.05, 3.63) is 56.2 Å². The van der Waals surface area contributed by atoms with E-state index in [0.29, 0.717) is 9.37 Å². The fraction of sp³-hybridized carbons (Fsp3) is 0. The van der Waals surface area contributed by atoms with Crippen molar-refractivity contribution in [1.82, 2.24) is 0 Å². The Morgan fingerprint density at radius 2 is 1.90 bits per heavy atom. The van der Waals surface area contributed by atoms with Crippen molar-refractivity contribution in [2.45, 2.75) is 4.90 Å². The fourth-order valence-corrected chi connectivity index (χ4v) is 2.84. The van der Waals surface area contributed by atoms with E-state index in [9.17, 15) is 9.18 Å². The zero-order chi connectivity index (χ0) is 14.9. The third-order valence-electron chi connectivity index (χ3n) is 2.44. The third kappa shape index (κ3) is 3.47. The molecule has 0 aliphatic carbocycles. The quantitative estimate of drug-likeness (QED) is 0.652. The molecule has 2 aromatic carbocycles. The molecule has 0 fully saturated rings. The summed E-state index contributed by atoms with van der Waals surface area (Å²) in [4.78, 5) is 12.8. The summed E-state index contributed by atoms with van der Waals surface area (Å²) in [5, 5.41) is 2.96. The van der Waals surface area contributed by atoms with Crippen LogP contribution in [0.5, 0.6) is 0 Å². The van der Waals surface area contributed by atoms with E-state index >= 15 is 0 Å². The number of nitrogens with one attached hydrogen (secondary N) is 1. The average molecular weight is 395 g/mol. The molecule has 0 aliphatic heterocycles. The van der Waals surface area contributed by atoms with E-state index in [1.54, 1.807) is 12.1 Å². The Morgan fingerprint density at radius 1 is 1.20 bits per heavy atom. The molecule has 0 bridgehead atoms. The van der Waals surface area contributed by atoms with Gasteiger partial charge in [-0.1, -0.05) is 23.2 Å². The van der Waals surface area contributed by atoms with Gasteiger partial charge in [0.15, 0.2) is 0 Å². The summed E-state index contributed by atoms with van der Waals surface area (Å²) in [7, 11) is 0. The zero-order valence-corrected chi connectivity index (χ0v) is 13.7. The Balaban J connectivity index is 2.35. The number of benzene rings is 2. The Bertz CT molecular complexity index is 673. The lowest BCUT2D eigenvalue weighted by Crippen LogP contribution is -2.13. The molecule has 1 amide bonds. The Hall–Kier alpha value is -0.750. The summed E-state index contributed by atoms with van der Waals surface area (Å²) in [6, 6.07) is 7.09. The first-order chi connectivity index (χ1) is 9.38. The summed E-state index contributed by atoms with van der Waals surface area (Å²) in [5.74, 6) is -0.963. The van der Waals surface area contributed by atoms with E-state index in [4.69, 9.17) is 23.2 Å². The summed E-state index contributed by atoms with van der Waals surface area (Å²) in [6.07, 6.45) is 0. The lowest BCUT2D eigenvalue weighted by molar-refractivity contribution is 0.102. The van der Waals surface area contributed by atoms with Gasteiger partial charge in [0.25, 0.3) is 5.91 Å². The van der Waals surface area contributed by atoms with Crippen LogP contribution in [0.15, 0.2) is 39.7 Å². The van der Waals surface area contributed by atoms with Crippen LogP contribution >= 0.6 is 51.8 Å². The zero-order valence-electron chi connectivity index (χ0n) is 9.75. The van der Waals surface area contributed by atoms with Crippen molar-refractivity contribution >= 4 is 63.4 Å². The van der Waals surface area contributed by atoms with Gasteiger partial charge in [-0.05, 0) is 46.3 Å². The first kappa shape index (κ1) is 15.6. The Kier molecular flexibility index (Phi) is 4.96. The maximum Gasteiger partial charge on any atom is 0.257 e. The van der Waals surface area contributed by atoms with Gasteiger partial charge in [-0.15, -0.1) is 12.6 Å². The molecule has 0 aromatic heterocycles. The maximum atomic E-state index is 13.1. The molecule has 7 heteroatoms. The van der Waals surface area contributed by atoms with Crippen LogP contribution in [0, 0.1) is 5.82 Å². The van der Waals surface area contributed by atoms with E-state index < -0.39 is 11.7 Å². The molecule has 2 rings (SSSR count). The molecule has 20 heavy (non-hydrogen) atoms. The summed E-state index contributed by atoms with van der Waals surface area (Å²) in [5.41, 5.74) is 0.533. The highest BCUT2D eigenvalue weighted by molar-refractivity contribution is 9.10. The molecular weight excluding hydrogens is 388 g/mol. The van der Waals surface area contributed by atoms with Gasteiger partial charge in [0.1, 0.15) is 5.82 Å². The van der Waals surface area contributed by atoms with E-state index in [-0.39, 0.29) is 21.3 Å². The first-order valence-electron chi connectivity index (χ1n) is 5.33. The second-order valence-corrected chi connectivity index (χ2v) is 6.05. The van der Waals surface area contributed by atoms with Crippen LogP contribution in [0.2, 0.25) is 10.0 Å². The molecule has 0 saturated heterocycles. The summed E-state index contributed by atoms with van der Waals surface area (Å²) >= 11 is 19.2. The molecule has 0 aliphatic rings. The van der Waals surface area contributed by atoms with E-state index in [1.807, 2.05) is 0 Å². The van der Waals surface area contributed by atoms with Crippen molar-refractivity contribution in [3.8, 4) is 0 Å². The number of amides is 1. The van der Waals surface area contributed by atoms with Gasteiger partial charge in [0, 0.05) is 9.37 Å². The molecule has 0 saturated carbocycles. The number of hydrogen-bond acceptors (Lipinski definition) is 2. The Morgan fingerprint density at radius 3 is 2.55 bits per heavy atom. The van der Waals surface area contributed by atoms with Crippen LogP contribution in [0.1, 0.15) is 10.4 Å². The highest BCUT2D eigenvalue weighted by atomic mass is 79.9. The highest BCUT2D eigenvalue weighted by Crippen LogP contribution is 2.32. The second kappa shape index (κ2) is 6.35. The number of thiol groups is 1. The van der Waals surface area contributed by atoms with Crippen molar-refractivity contribution in [2.24, 2.45) is 0 Å². The van der Waals surface area contributed by atoms with Gasteiger partial charge < -0.3 is 5.32 Å². The second-order valence-electron chi connectivity index (χ2n) is 3.86. The number of anilines is 1. The van der Waals surface area contributed by atoms with Gasteiger partial charge >= 0.3 is 0 Å². The van der Waals surface area contributed by atoms with E-state index in [2.05, 4.69) is 33.9 Å². The Labute approximate surface area is 138 Å². The third-order valence-corrected chi connectivity index (χ3v) is 3.97. The molecule has 104 valence electrons. The summed E-state index contributed by atoms with van der Waals surface area (Å²) in [6.45, 7) is 0. The summed E-state index contributed by atoms with van der Waals surface area (Å²) < 4.78 is 13.5. The van der Waals surface area contributed by atoms with Gasteiger partial charge in [-0.3, -0.25) is 4.79 Å². The maximum absolute atomic E-state index is 13.1. The lowest BCUT2D eigenvalue weighted by atomic mass is 10.2. The number of halogens is 4. The fourth-order valence-electron chi connectivity index (χ4n) is 1.53. The lowest BCUT2D eigenvalue weighted by Gasteiger charge is -2.11. The van der Waals surface area contributed by atoms with Crippen LogP contribution in [-0.4, -0.2) is 5.91 Å². The monoisotopic (exact) mass is 393 g/mol. The molecular formula is C13H7BrCl2FNOS. The molecule has 0 heterocycles. The molecule has 1 N–H and O–H groups in total. The molecule has 0 unspecified atom stereocenters. The topological polar surface area (TPSA) is 29.1 Å². The molecule has 0 atom stereocenters. The smallest absolute Gasteiger partial charge is 0.257 e. The van der Waals surface area contributed by atoms with Gasteiger partial charge in [-0.2, -0.15) is 0 Å². The van der Waals surface area contributed by atoms with Crippen LogP contribution < -0.4 is 5.32 Å². The normalized spacial score (nSPS) is 10.4. The number of rotatable bonds is 2. The van der Waals surface area contributed by atoms with Crippen LogP contribution in [0.25, 0.3) is 0 Å². The van der Waals surface area contributed by atoms with E-state index in [0.717, 1.165) is 6.07 Å². The number of carbonyl (C=O) groups excluding carboxylic acids is 1. The van der Waals surface area contributed by atoms with Crippen molar-refractivity contribution in [3.63, 3.8) is 0 Å². The predicted octanol–water partition coefficient (Wildman–Crippen LogP) is 5.44. The molecule has 0 radical (unpaired) electrons. The van der Waals surface area contributed by atoms with Crippen molar-refractivity contribution in [1.29, 1.82) is 0 Å². The molecule has 2 nitrogen and oxygen atoms in total. The largest absolute Gasteiger partial charge is 0.320 e. The van der Waals surface area contributed by atoms with E-state index in [1.165, 1.54) is 12.1 Å². The van der Waals surface area contributed by atoms with Gasteiger partial charge in [0.05, 0.1) is 21.3 Å². The van der Waals surface area contributed by atoms with Gasteiger partial charge in [0.2, 0.25) is 0 Å². The average Bonchev–Trinajstić information content (AvgIpc) is 2.36. The van der Waals surface area contributed by atoms with Crippen LogP contribution in [0.4, 0.5) is 10.1 Å². The number of hydrogen-bond donors (Lipinski definition) is 2. The van der Waals surface area contributed by atoms with Crippen LogP contribution in [-0.2, 0) is 0 Å². The molecule has 2 aromatic rings. The highest BCUT2D eigenvalue weighted by Gasteiger charge is 2.15.